The first kappa shape index (κ1) is 15.3. The number of methoxy groups -OCH3 is 1. The maximum absolute atomic E-state index is 10.1. The van der Waals surface area contributed by atoms with Crippen molar-refractivity contribution in [2.45, 2.75) is 0 Å². The van der Waals surface area contributed by atoms with Gasteiger partial charge in [-0.3, -0.25) is 4.99 Å². The Morgan fingerprint density at radius 1 is 1.24 bits per heavy atom. The second-order valence-corrected chi connectivity index (χ2v) is 6.32. The van der Waals surface area contributed by atoms with Crippen molar-refractivity contribution in [2.24, 2.45) is 4.99 Å². The molecule has 0 unspecified atom stereocenters. The van der Waals surface area contributed by atoms with Crippen LogP contribution in [-0.2, 0) is 0 Å². The first-order chi connectivity index (χ1) is 12.2. The molecule has 0 fully saturated rings. The standard InChI is InChI=1S/C18H14N4O2S/c1-24-12-5-6-14-13(9-12)11(10-20-14)8-15-17(23)22-18(25-15)21-16-4-2-3-7-19-16/h2-10,23H,1H3,(H,19,21,22)/b11-8-. The lowest BCUT2D eigenvalue weighted by Gasteiger charge is -2.03. The highest BCUT2D eigenvalue weighted by Gasteiger charge is 2.16. The molecule has 0 spiro atoms. The number of aromatic nitrogens is 2. The average Bonchev–Trinajstić information content (AvgIpc) is 3.19. The van der Waals surface area contributed by atoms with Crippen LogP contribution in [0.5, 0.6) is 11.6 Å². The monoisotopic (exact) mass is 350 g/mol. The van der Waals surface area contributed by atoms with Crippen molar-refractivity contribution in [2.75, 3.05) is 12.4 Å². The molecular weight excluding hydrogens is 336 g/mol. The second kappa shape index (κ2) is 6.37. The number of ether oxygens (including phenoxy) is 1. The van der Waals surface area contributed by atoms with Gasteiger partial charge in [0.2, 0.25) is 5.88 Å². The number of aliphatic imine (C=N–C) groups is 1. The van der Waals surface area contributed by atoms with Crippen LogP contribution in [0, 0.1) is 0 Å². The first-order valence-corrected chi connectivity index (χ1v) is 8.36. The number of thiazole rings is 1. The molecule has 6 nitrogen and oxygen atoms in total. The summed E-state index contributed by atoms with van der Waals surface area (Å²) >= 11 is 1.34. The predicted octanol–water partition coefficient (Wildman–Crippen LogP) is 4.25. The van der Waals surface area contributed by atoms with Gasteiger partial charge in [-0.15, -0.1) is 0 Å². The molecule has 3 aromatic rings. The van der Waals surface area contributed by atoms with Crippen LogP contribution >= 0.6 is 11.3 Å². The van der Waals surface area contributed by atoms with E-state index in [-0.39, 0.29) is 5.88 Å². The zero-order chi connectivity index (χ0) is 17.2. The number of pyridine rings is 1. The molecule has 2 N–H and O–H groups in total. The van der Waals surface area contributed by atoms with Gasteiger partial charge in [0, 0.05) is 23.5 Å². The minimum Gasteiger partial charge on any atom is -0.497 e. The molecule has 0 radical (unpaired) electrons. The van der Waals surface area contributed by atoms with Gasteiger partial charge in [0.25, 0.3) is 0 Å². The van der Waals surface area contributed by atoms with Gasteiger partial charge in [-0.1, -0.05) is 17.4 Å². The summed E-state index contributed by atoms with van der Waals surface area (Å²) in [4.78, 5) is 13.4. The molecule has 3 heterocycles. The fourth-order valence-corrected chi connectivity index (χ4v) is 3.29. The van der Waals surface area contributed by atoms with E-state index in [9.17, 15) is 5.11 Å². The first-order valence-electron chi connectivity index (χ1n) is 7.55. The summed E-state index contributed by atoms with van der Waals surface area (Å²) < 4.78 is 5.27. The zero-order valence-corrected chi connectivity index (χ0v) is 14.1. The number of benzene rings is 1. The predicted molar refractivity (Wildman–Crippen MR) is 100 cm³/mol. The summed E-state index contributed by atoms with van der Waals surface area (Å²) in [6.07, 6.45) is 5.33. The van der Waals surface area contributed by atoms with Crippen molar-refractivity contribution in [1.82, 2.24) is 9.97 Å². The van der Waals surface area contributed by atoms with Crippen LogP contribution in [0.4, 0.5) is 16.6 Å². The molecule has 0 bridgehead atoms. The maximum Gasteiger partial charge on any atom is 0.231 e. The Bertz CT molecular complexity index is 980. The van der Waals surface area contributed by atoms with Crippen LogP contribution in [0.15, 0.2) is 47.6 Å². The van der Waals surface area contributed by atoms with Gasteiger partial charge >= 0.3 is 0 Å². The van der Waals surface area contributed by atoms with Gasteiger partial charge in [0.1, 0.15) is 11.6 Å². The Labute approximate surface area is 148 Å². The number of hydrogen-bond acceptors (Lipinski definition) is 7. The van der Waals surface area contributed by atoms with Crippen molar-refractivity contribution in [1.29, 1.82) is 0 Å². The minimum atomic E-state index is -0.0272. The molecule has 0 atom stereocenters. The van der Waals surface area contributed by atoms with Crippen LogP contribution in [0.3, 0.4) is 0 Å². The van der Waals surface area contributed by atoms with E-state index in [0.717, 1.165) is 22.6 Å². The summed E-state index contributed by atoms with van der Waals surface area (Å²) in [5, 5.41) is 13.8. The van der Waals surface area contributed by atoms with Crippen molar-refractivity contribution in [3.63, 3.8) is 0 Å². The third-order valence-corrected chi connectivity index (χ3v) is 4.59. The molecule has 7 heteroatoms. The summed E-state index contributed by atoms with van der Waals surface area (Å²) in [7, 11) is 1.63. The molecule has 0 amide bonds. The number of fused-ring (bicyclic) bond motifs is 1. The van der Waals surface area contributed by atoms with Crippen LogP contribution in [0.25, 0.3) is 11.6 Å². The van der Waals surface area contributed by atoms with Gasteiger partial charge < -0.3 is 15.2 Å². The molecule has 1 aromatic carbocycles. The van der Waals surface area contributed by atoms with E-state index >= 15 is 0 Å². The van der Waals surface area contributed by atoms with Gasteiger partial charge in [-0.05, 0) is 36.4 Å². The smallest absolute Gasteiger partial charge is 0.231 e. The number of nitrogens with one attached hydrogen (secondary N) is 1. The van der Waals surface area contributed by atoms with E-state index in [2.05, 4.69) is 20.3 Å². The van der Waals surface area contributed by atoms with E-state index in [0.29, 0.717) is 15.8 Å². The van der Waals surface area contributed by atoms with Crippen molar-refractivity contribution in [3.05, 3.63) is 53.0 Å². The number of rotatable bonds is 4. The molecule has 0 aliphatic carbocycles. The van der Waals surface area contributed by atoms with Crippen molar-refractivity contribution in [3.8, 4) is 11.6 Å². The lowest BCUT2D eigenvalue weighted by molar-refractivity contribution is 0.415. The van der Waals surface area contributed by atoms with E-state index in [4.69, 9.17) is 4.74 Å². The van der Waals surface area contributed by atoms with Crippen LogP contribution in [-0.4, -0.2) is 28.4 Å². The lowest BCUT2D eigenvalue weighted by atomic mass is 10.1. The van der Waals surface area contributed by atoms with Crippen molar-refractivity contribution >= 4 is 45.8 Å². The molecule has 0 saturated carbocycles. The Hall–Kier alpha value is -3.19. The van der Waals surface area contributed by atoms with Crippen LogP contribution in [0.1, 0.15) is 10.4 Å². The van der Waals surface area contributed by atoms with E-state index in [1.165, 1.54) is 11.3 Å². The highest BCUT2D eigenvalue weighted by Crippen LogP contribution is 2.38. The summed E-state index contributed by atoms with van der Waals surface area (Å²) in [5.41, 5.74) is 2.74. The number of allylic oxidation sites excluding steroid dienone is 1. The van der Waals surface area contributed by atoms with E-state index in [1.54, 1.807) is 19.5 Å². The molecule has 124 valence electrons. The Morgan fingerprint density at radius 2 is 2.16 bits per heavy atom. The SMILES string of the molecule is COc1ccc2c(c1)/C(=C\c1sc(Nc3ccccn3)nc1O)C=N2. The Kier molecular flexibility index (Phi) is 3.91. The normalized spacial score (nSPS) is 13.9. The van der Waals surface area contributed by atoms with Gasteiger partial charge in [-0.25, -0.2) is 4.98 Å². The molecule has 1 aliphatic rings. The number of nitrogens with zero attached hydrogens (tertiary/aromatic N) is 3. The third kappa shape index (κ3) is 3.09. The fraction of sp³-hybridized carbons (Fsp3) is 0.0556. The molecule has 25 heavy (non-hydrogen) atoms. The summed E-state index contributed by atoms with van der Waals surface area (Å²) in [6.45, 7) is 0. The third-order valence-electron chi connectivity index (χ3n) is 3.68. The number of anilines is 2. The van der Waals surface area contributed by atoms with E-state index < -0.39 is 0 Å². The maximum atomic E-state index is 10.1. The zero-order valence-electron chi connectivity index (χ0n) is 13.3. The number of hydrogen-bond donors (Lipinski definition) is 2. The Balaban J connectivity index is 1.64. The molecule has 1 aliphatic heterocycles. The van der Waals surface area contributed by atoms with Crippen LogP contribution < -0.4 is 10.1 Å². The van der Waals surface area contributed by atoms with Crippen LogP contribution in [0.2, 0.25) is 0 Å². The quantitative estimate of drug-likeness (QED) is 0.735. The Morgan fingerprint density at radius 3 is 2.96 bits per heavy atom. The topological polar surface area (TPSA) is 79.6 Å². The minimum absolute atomic E-state index is 0.0272. The lowest BCUT2D eigenvalue weighted by Crippen LogP contribution is -1.90. The average molecular weight is 350 g/mol. The molecular formula is C18H14N4O2S. The van der Waals surface area contributed by atoms with Gasteiger partial charge in [0.15, 0.2) is 5.13 Å². The van der Waals surface area contributed by atoms with Gasteiger partial charge in [0.05, 0.1) is 17.7 Å². The summed E-state index contributed by atoms with van der Waals surface area (Å²) in [5.74, 6) is 1.41. The van der Waals surface area contributed by atoms with Gasteiger partial charge in [-0.2, -0.15) is 4.98 Å². The molecule has 4 rings (SSSR count). The fourth-order valence-electron chi connectivity index (χ4n) is 2.47. The number of aromatic hydroxyl groups is 1. The highest BCUT2D eigenvalue weighted by molar-refractivity contribution is 7.16. The van der Waals surface area contributed by atoms with Crippen molar-refractivity contribution < 1.29 is 9.84 Å². The highest BCUT2D eigenvalue weighted by atomic mass is 32.1. The summed E-state index contributed by atoms with van der Waals surface area (Å²) in [6, 6.07) is 11.3. The molecule has 2 aromatic heterocycles. The largest absolute Gasteiger partial charge is 0.497 e. The van der Waals surface area contributed by atoms with E-state index in [1.807, 2.05) is 42.5 Å². The second-order valence-electron chi connectivity index (χ2n) is 5.29. The molecule has 0 saturated heterocycles.